The average Bonchev–Trinajstić information content (AvgIpc) is 2.06. The molecule has 0 aliphatic carbocycles. The van der Waals surface area contributed by atoms with E-state index in [0.717, 1.165) is 0 Å². The van der Waals surface area contributed by atoms with Crippen LogP contribution < -0.4 is 4.74 Å². The molecular weight excluding hydrogens is 163 g/mol. The molecule has 0 unspecified atom stereocenters. The number of hydrogen-bond acceptors (Lipinski definition) is 3. The van der Waals surface area contributed by atoms with Crippen molar-refractivity contribution in [3.05, 3.63) is 30.3 Å². The summed E-state index contributed by atoms with van der Waals surface area (Å²) in [5, 5.41) is 0. The first-order valence-corrected chi connectivity index (χ1v) is 3.48. The van der Waals surface area contributed by atoms with Crippen LogP contribution in [0.2, 0.25) is 0 Å². The molecule has 0 saturated heterocycles. The zero-order valence-corrected chi connectivity index (χ0v) is 6.61. The normalized spacial score (nSPS) is 8.38. The van der Waals surface area contributed by atoms with E-state index in [0.29, 0.717) is 5.75 Å². The summed E-state index contributed by atoms with van der Waals surface area (Å²) in [5.74, 6) is -1.04. The predicted molar refractivity (Wildman–Crippen MR) is 49.9 cm³/mol. The second-order valence-corrected chi connectivity index (χ2v) is 2.26. The van der Waals surface area contributed by atoms with Gasteiger partial charge in [0.05, 0.1) is 0 Å². The van der Waals surface area contributed by atoms with Crippen molar-refractivity contribution >= 4 is 30.6 Å². The van der Waals surface area contributed by atoms with Crippen LogP contribution >= 0.6 is 0 Å². The predicted octanol–water partition coefficient (Wildman–Crippen LogP) is 0.532. The van der Waals surface area contributed by atoms with Gasteiger partial charge >= 0.3 is 24.8 Å². The van der Waals surface area contributed by atoms with Crippen molar-refractivity contribution < 1.29 is 14.3 Å². The molecule has 1 rings (SSSR count). The zero-order chi connectivity index (χ0) is 8.97. The Morgan fingerprint density at radius 3 is 2.15 bits per heavy atom. The van der Waals surface area contributed by atoms with Crippen LogP contribution in [0.4, 0.5) is 0 Å². The summed E-state index contributed by atoms with van der Waals surface area (Å²) >= 11 is 0. The average molecular weight is 172 g/mol. The fourth-order valence-electron chi connectivity index (χ4n) is 0.667. The third-order valence-corrected chi connectivity index (χ3v) is 1.24. The van der Waals surface area contributed by atoms with Crippen LogP contribution in [0.1, 0.15) is 6.92 Å². The van der Waals surface area contributed by atoms with Crippen LogP contribution in [0, 0.1) is 0 Å². The van der Waals surface area contributed by atoms with Gasteiger partial charge in [-0.1, -0.05) is 18.2 Å². The zero-order valence-electron chi connectivity index (χ0n) is 6.61. The number of ketones is 1. The Balaban J connectivity index is 0.00000144. The van der Waals surface area contributed by atoms with Gasteiger partial charge in [0.1, 0.15) is 5.75 Å². The van der Waals surface area contributed by atoms with Crippen LogP contribution in [0.3, 0.4) is 0 Å². The van der Waals surface area contributed by atoms with E-state index in [1.807, 2.05) is 0 Å². The Morgan fingerprint density at radius 1 is 1.15 bits per heavy atom. The first-order valence-electron chi connectivity index (χ1n) is 3.48. The van der Waals surface area contributed by atoms with Gasteiger partial charge in [-0.25, -0.2) is 4.79 Å². The van der Waals surface area contributed by atoms with Crippen molar-refractivity contribution in [1.29, 1.82) is 0 Å². The van der Waals surface area contributed by atoms with E-state index in [2.05, 4.69) is 4.74 Å². The number of Topliss-reactive ketones (excluding diaryl/α,β-unsaturated/α-hetero) is 1. The monoisotopic (exact) mass is 172 g/mol. The quantitative estimate of drug-likeness (QED) is 0.283. The fourth-order valence-corrected chi connectivity index (χ4v) is 0.667. The standard InChI is InChI=1S/C9H8O3.Li.H/c1-7(10)9(11)12-8-5-3-2-4-6-8;;/h2-6H,1H3;;. The molecule has 0 spiro atoms. The van der Waals surface area contributed by atoms with Crippen molar-refractivity contribution in [1.82, 2.24) is 0 Å². The van der Waals surface area contributed by atoms with Crippen LogP contribution in [-0.2, 0) is 9.59 Å². The van der Waals surface area contributed by atoms with Crippen molar-refractivity contribution in [2.75, 3.05) is 0 Å². The first kappa shape index (κ1) is 12.0. The first-order chi connectivity index (χ1) is 5.70. The number of benzene rings is 1. The summed E-state index contributed by atoms with van der Waals surface area (Å²) < 4.78 is 4.69. The SMILES string of the molecule is CC(=O)C(=O)Oc1ccccc1.[LiH]. The molecular formula is C9H9LiO3. The molecule has 0 amide bonds. The summed E-state index contributed by atoms with van der Waals surface area (Å²) in [6.45, 7) is 1.17. The Morgan fingerprint density at radius 2 is 1.69 bits per heavy atom. The van der Waals surface area contributed by atoms with Gasteiger partial charge in [-0.2, -0.15) is 0 Å². The van der Waals surface area contributed by atoms with E-state index >= 15 is 0 Å². The molecule has 1 aromatic rings. The molecule has 0 bridgehead atoms. The van der Waals surface area contributed by atoms with Crippen molar-refractivity contribution in [3.63, 3.8) is 0 Å². The third-order valence-electron chi connectivity index (χ3n) is 1.24. The van der Waals surface area contributed by atoms with Gasteiger partial charge in [-0.05, 0) is 12.1 Å². The van der Waals surface area contributed by atoms with Crippen molar-refractivity contribution in [2.45, 2.75) is 6.92 Å². The molecule has 64 valence electrons. The van der Waals surface area contributed by atoms with Gasteiger partial charge in [-0.3, -0.25) is 4.79 Å². The van der Waals surface area contributed by atoms with Crippen molar-refractivity contribution in [2.24, 2.45) is 0 Å². The van der Waals surface area contributed by atoms with E-state index in [1.165, 1.54) is 6.92 Å². The van der Waals surface area contributed by atoms with Gasteiger partial charge in [0.25, 0.3) is 0 Å². The summed E-state index contributed by atoms with van der Waals surface area (Å²) in [4.78, 5) is 21.2. The molecule has 13 heavy (non-hydrogen) atoms. The summed E-state index contributed by atoms with van der Waals surface area (Å²) in [6, 6.07) is 8.47. The molecule has 4 heteroatoms. The van der Waals surface area contributed by atoms with Crippen molar-refractivity contribution in [3.8, 4) is 5.75 Å². The Hall–Kier alpha value is -1.04. The molecule has 0 heterocycles. The molecule has 0 aliphatic heterocycles. The van der Waals surface area contributed by atoms with Crippen LogP contribution in [0.25, 0.3) is 0 Å². The molecule has 3 nitrogen and oxygen atoms in total. The maximum atomic E-state index is 10.7. The number of esters is 1. The number of ether oxygens (including phenoxy) is 1. The van der Waals surface area contributed by atoms with Gasteiger partial charge in [0, 0.05) is 6.92 Å². The number of carbonyl (C=O) groups excluding carboxylic acids is 2. The minimum absolute atomic E-state index is 0. The number of carbonyl (C=O) groups is 2. The van der Waals surface area contributed by atoms with Gasteiger partial charge in [0.15, 0.2) is 0 Å². The van der Waals surface area contributed by atoms with E-state index in [1.54, 1.807) is 30.3 Å². The Bertz CT molecular complexity index is 295. The molecule has 1 aromatic carbocycles. The number of hydrogen-bond donors (Lipinski definition) is 0. The van der Waals surface area contributed by atoms with Crippen LogP contribution in [0.15, 0.2) is 30.3 Å². The summed E-state index contributed by atoms with van der Waals surface area (Å²) in [5.41, 5.74) is 0. The fraction of sp³-hybridized carbons (Fsp3) is 0.111. The molecule has 0 aromatic heterocycles. The number of para-hydroxylation sites is 1. The summed E-state index contributed by atoms with van der Waals surface area (Å²) in [6.07, 6.45) is 0. The topological polar surface area (TPSA) is 43.4 Å². The van der Waals surface area contributed by atoms with Gasteiger partial charge < -0.3 is 4.74 Å². The van der Waals surface area contributed by atoms with Crippen LogP contribution in [-0.4, -0.2) is 30.6 Å². The maximum absolute atomic E-state index is 10.7. The van der Waals surface area contributed by atoms with Gasteiger partial charge in [0.2, 0.25) is 5.78 Å². The van der Waals surface area contributed by atoms with E-state index in [4.69, 9.17) is 0 Å². The van der Waals surface area contributed by atoms with Gasteiger partial charge in [-0.15, -0.1) is 0 Å². The molecule has 0 radical (unpaired) electrons. The Kier molecular flexibility index (Phi) is 5.13. The third kappa shape index (κ3) is 3.93. The molecule has 0 atom stereocenters. The molecule has 0 aliphatic rings. The van der Waals surface area contributed by atoms with E-state index in [-0.39, 0.29) is 18.9 Å². The second-order valence-electron chi connectivity index (χ2n) is 2.26. The molecule has 0 saturated carbocycles. The number of rotatable bonds is 2. The summed E-state index contributed by atoms with van der Waals surface area (Å²) in [7, 11) is 0. The van der Waals surface area contributed by atoms with Crippen LogP contribution in [0.5, 0.6) is 5.75 Å². The second kappa shape index (κ2) is 5.58. The minimum atomic E-state index is -0.832. The van der Waals surface area contributed by atoms with E-state index < -0.39 is 11.8 Å². The molecule has 0 fully saturated rings. The van der Waals surface area contributed by atoms with E-state index in [9.17, 15) is 9.59 Å². The Labute approximate surface area is 88.3 Å². The molecule has 0 N–H and O–H groups in total.